The molecule has 1 N–H and O–H groups in total. The Bertz CT molecular complexity index is 1220. The maximum atomic E-state index is 13.6. The topological polar surface area (TPSA) is 66.5 Å². The molecule has 0 saturated carbocycles. The van der Waals surface area contributed by atoms with Gasteiger partial charge in [0.15, 0.2) is 0 Å². The lowest BCUT2D eigenvalue weighted by Crippen LogP contribution is -2.38. The second-order valence-corrected chi connectivity index (χ2v) is 10.3. The highest BCUT2D eigenvalue weighted by molar-refractivity contribution is 7.92. The molecular weight excluding hydrogens is 420 g/mol. The van der Waals surface area contributed by atoms with Gasteiger partial charge >= 0.3 is 0 Å². The van der Waals surface area contributed by atoms with Crippen LogP contribution in [0.1, 0.15) is 42.0 Å². The van der Waals surface area contributed by atoms with E-state index in [4.69, 9.17) is 0 Å². The van der Waals surface area contributed by atoms with Gasteiger partial charge in [-0.1, -0.05) is 61.9 Å². The Morgan fingerprint density at radius 3 is 2.19 bits per heavy atom. The van der Waals surface area contributed by atoms with Gasteiger partial charge in [-0.25, -0.2) is 8.42 Å². The van der Waals surface area contributed by atoms with Crippen molar-refractivity contribution in [3.8, 4) is 0 Å². The molecule has 1 amide bonds. The molecule has 0 atom stereocenters. The second kappa shape index (κ2) is 9.57. The number of carbonyl (C=O) groups excluding carboxylic acids is 1. The lowest BCUT2D eigenvalue weighted by molar-refractivity contribution is -0.114. The fraction of sp³-hybridized carbons (Fsp3) is 0.269. The Labute approximate surface area is 191 Å². The first-order chi connectivity index (χ1) is 15.1. The number of nitrogens with zero attached hydrogens (tertiary/aromatic N) is 1. The summed E-state index contributed by atoms with van der Waals surface area (Å²) in [6, 6.07) is 19.8. The zero-order valence-electron chi connectivity index (χ0n) is 19.2. The number of nitrogens with one attached hydrogen (secondary N) is 1. The molecule has 0 radical (unpaired) electrons. The predicted molar refractivity (Wildman–Crippen MR) is 131 cm³/mol. The molecule has 0 saturated heterocycles. The molecule has 0 spiro atoms. The van der Waals surface area contributed by atoms with Crippen molar-refractivity contribution in [1.82, 2.24) is 0 Å². The summed E-state index contributed by atoms with van der Waals surface area (Å²) in [7, 11) is -3.95. The number of anilines is 2. The van der Waals surface area contributed by atoms with Crippen LogP contribution in [-0.2, 0) is 14.8 Å². The summed E-state index contributed by atoms with van der Waals surface area (Å²) in [5, 5.41) is 2.91. The van der Waals surface area contributed by atoms with Gasteiger partial charge in [0, 0.05) is 5.69 Å². The Balaban J connectivity index is 2.01. The van der Waals surface area contributed by atoms with E-state index in [0.717, 1.165) is 22.3 Å². The van der Waals surface area contributed by atoms with E-state index in [1.54, 1.807) is 30.3 Å². The van der Waals surface area contributed by atoms with Gasteiger partial charge in [0.05, 0.1) is 10.6 Å². The van der Waals surface area contributed by atoms with E-state index in [1.807, 2.05) is 57.2 Å². The summed E-state index contributed by atoms with van der Waals surface area (Å²) in [5.74, 6) is -0.174. The molecule has 3 rings (SSSR count). The summed E-state index contributed by atoms with van der Waals surface area (Å²) in [6.45, 7) is 9.42. The Hall–Kier alpha value is -3.12. The summed E-state index contributed by atoms with van der Waals surface area (Å²) >= 11 is 0. The lowest BCUT2D eigenvalue weighted by atomic mass is 10.0. The van der Waals surface area contributed by atoms with Crippen molar-refractivity contribution in [2.45, 2.75) is 45.4 Å². The molecule has 168 valence electrons. The number of aryl methyl sites for hydroxylation is 3. The normalized spacial score (nSPS) is 11.4. The third-order valence-electron chi connectivity index (χ3n) is 5.39. The average Bonchev–Trinajstić information content (AvgIpc) is 2.74. The highest BCUT2D eigenvalue weighted by Gasteiger charge is 2.28. The summed E-state index contributed by atoms with van der Waals surface area (Å²) in [4.78, 5) is 13.2. The number of amides is 1. The van der Waals surface area contributed by atoms with Crippen molar-refractivity contribution in [3.63, 3.8) is 0 Å². The lowest BCUT2D eigenvalue weighted by Gasteiger charge is -2.26. The predicted octanol–water partition coefficient (Wildman–Crippen LogP) is 5.57. The van der Waals surface area contributed by atoms with E-state index in [9.17, 15) is 13.2 Å². The molecule has 0 aliphatic carbocycles. The van der Waals surface area contributed by atoms with Gasteiger partial charge in [-0.2, -0.15) is 0 Å². The third kappa shape index (κ3) is 5.19. The van der Waals surface area contributed by atoms with Crippen LogP contribution >= 0.6 is 0 Å². The summed E-state index contributed by atoms with van der Waals surface area (Å²) in [5.41, 5.74) is 4.85. The average molecular weight is 451 g/mol. The van der Waals surface area contributed by atoms with Crippen molar-refractivity contribution in [2.75, 3.05) is 16.2 Å². The fourth-order valence-corrected chi connectivity index (χ4v) is 5.04. The van der Waals surface area contributed by atoms with E-state index < -0.39 is 15.9 Å². The molecule has 3 aromatic carbocycles. The number of para-hydroxylation sites is 1. The Morgan fingerprint density at radius 1 is 0.906 bits per heavy atom. The first kappa shape index (κ1) is 23.5. The van der Waals surface area contributed by atoms with Gasteiger partial charge in [0.25, 0.3) is 10.0 Å². The monoisotopic (exact) mass is 450 g/mol. The molecule has 0 bridgehead atoms. The number of carbonyl (C=O) groups is 1. The minimum atomic E-state index is -3.95. The standard InChI is InChI=1S/C26H30N2O3S/c1-18(2)23-8-6-7-9-24(23)27-26(29)17-28(25-16-20(4)10-13-21(25)5)32(30,31)22-14-11-19(3)12-15-22/h6-16,18H,17H2,1-5H3,(H,27,29). The highest BCUT2D eigenvalue weighted by Crippen LogP contribution is 2.29. The van der Waals surface area contributed by atoms with Gasteiger partial charge in [-0.15, -0.1) is 0 Å². The number of rotatable bonds is 7. The Kier molecular flexibility index (Phi) is 7.04. The van der Waals surface area contributed by atoms with Crippen molar-refractivity contribution in [3.05, 3.63) is 89.0 Å². The molecule has 32 heavy (non-hydrogen) atoms. The van der Waals surface area contributed by atoms with Crippen molar-refractivity contribution >= 4 is 27.3 Å². The molecule has 0 aliphatic rings. The zero-order chi connectivity index (χ0) is 23.5. The van der Waals surface area contributed by atoms with Gasteiger partial charge in [-0.05, 0) is 67.6 Å². The fourth-order valence-electron chi connectivity index (χ4n) is 3.56. The minimum absolute atomic E-state index is 0.152. The Morgan fingerprint density at radius 2 is 1.53 bits per heavy atom. The molecular formula is C26H30N2O3S. The summed E-state index contributed by atoms with van der Waals surface area (Å²) < 4.78 is 28.4. The van der Waals surface area contributed by atoms with Crippen molar-refractivity contribution in [2.24, 2.45) is 0 Å². The van der Waals surface area contributed by atoms with E-state index in [2.05, 4.69) is 19.2 Å². The molecule has 0 aliphatic heterocycles. The molecule has 5 nitrogen and oxygen atoms in total. The maximum absolute atomic E-state index is 13.6. The van der Waals surface area contributed by atoms with E-state index >= 15 is 0 Å². The van der Waals surface area contributed by atoms with E-state index in [1.165, 1.54) is 4.31 Å². The van der Waals surface area contributed by atoms with E-state index in [0.29, 0.717) is 11.4 Å². The van der Waals surface area contributed by atoms with Crippen LogP contribution in [0.5, 0.6) is 0 Å². The highest BCUT2D eigenvalue weighted by atomic mass is 32.2. The van der Waals surface area contributed by atoms with Crippen molar-refractivity contribution in [1.29, 1.82) is 0 Å². The molecule has 0 heterocycles. The molecule has 0 fully saturated rings. The molecule has 0 aromatic heterocycles. The molecule has 6 heteroatoms. The zero-order valence-corrected chi connectivity index (χ0v) is 20.0. The van der Waals surface area contributed by atoms with Crippen LogP contribution in [0.2, 0.25) is 0 Å². The first-order valence-electron chi connectivity index (χ1n) is 10.6. The minimum Gasteiger partial charge on any atom is -0.324 e. The third-order valence-corrected chi connectivity index (χ3v) is 7.16. The van der Waals surface area contributed by atoms with E-state index in [-0.39, 0.29) is 17.4 Å². The van der Waals surface area contributed by atoms with Gasteiger partial charge in [-0.3, -0.25) is 9.10 Å². The SMILES string of the molecule is Cc1ccc(S(=O)(=O)N(CC(=O)Nc2ccccc2C(C)C)c2cc(C)ccc2C)cc1. The number of hydrogen-bond donors (Lipinski definition) is 1. The molecule has 3 aromatic rings. The van der Waals surface area contributed by atoms with Crippen LogP contribution in [0.4, 0.5) is 11.4 Å². The smallest absolute Gasteiger partial charge is 0.264 e. The van der Waals surface area contributed by atoms with Gasteiger partial charge < -0.3 is 5.32 Å². The van der Waals surface area contributed by atoms with Crippen LogP contribution in [0.15, 0.2) is 71.6 Å². The van der Waals surface area contributed by atoms with Crippen molar-refractivity contribution < 1.29 is 13.2 Å². The number of hydrogen-bond acceptors (Lipinski definition) is 3. The number of benzene rings is 3. The maximum Gasteiger partial charge on any atom is 0.264 e. The molecule has 0 unspecified atom stereocenters. The van der Waals surface area contributed by atoms with Crippen LogP contribution in [0.3, 0.4) is 0 Å². The van der Waals surface area contributed by atoms with Crippen LogP contribution in [0.25, 0.3) is 0 Å². The largest absolute Gasteiger partial charge is 0.324 e. The van der Waals surface area contributed by atoms with Gasteiger partial charge in [0.2, 0.25) is 5.91 Å². The quantitative estimate of drug-likeness (QED) is 0.512. The van der Waals surface area contributed by atoms with Crippen LogP contribution < -0.4 is 9.62 Å². The van der Waals surface area contributed by atoms with Crippen LogP contribution in [0, 0.1) is 20.8 Å². The number of sulfonamides is 1. The summed E-state index contributed by atoms with van der Waals surface area (Å²) in [6.07, 6.45) is 0. The first-order valence-corrected chi connectivity index (χ1v) is 12.1. The van der Waals surface area contributed by atoms with Crippen LogP contribution in [-0.4, -0.2) is 20.9 Å². The second-order valence-electron chi connectivity index (χ2n) is 8.40. The van der Waals surface area contributed by atoms with Gasteiger partial charge in [0.1, 0.15) is 6.54 Å².